The summed E-state index contributed by atoms with van der Waals surface area (Å²) in [6.45, 7) is 0. The van der Waals surface area contributed by atoms with Gasteiger partial charge < -0.3 is 20.1 Å². The van der Waals surface area contributed by atoms with Crippen LogP contribution in [-0.4, -0.2) is 22.3 Å². The van der Waals surface area contributed by atoms with Crippen molar-refractivity contribution in [3.05, 3.63) is 103 Å². The van der Waals surface area contributed by atoms with Crippen molar-refractivity contribution in [3.63, 3.8) is 0 Å². The second-order valence-electron chi connectivity index (χ2n) is 7.48. The van der Waals surface area contributed by atoms with Crippen LogP contribution in [0.3, 0.4) is 0 Å². The Labute approximate surface area is 180 Å². The molecular weight excluding hydrogens is 385 g/mol. The van der Waals surface area contributed by atoms with Crippen molar-refractivity contribution < 1.29 is 15.2 Å². The molecule has 5 aromatic carbocycles. The van der Waals surface area contributed by atoms with Crippen molar-refractivity contribution in [2.75, 3.05) is 4.90 Å². The summed E-state index contributed by atoms with van der Waals surface area (Å²) in [4.78, 5) is 2.03. The highest BCUT2D eigenvalue weighted by atomic mass is 16.4. The smallest absolute Gasteiger partial charge is 0.492 e. The second-order valence-corrected chi connectivity index (χ2v) is 7.48. The molecule has 5 aromatic rings. The van der Waals surface area contributed by atoms with E-state index in [4.69, 9.17) is 0 Å². The van der Waals surface area contributed by atoms with Gasteiger partial charge in [0.05, 0.1) is 0 Å². The van der Waals surface area contributed by atoms with Crippen molar-refractivity contribution in [1.29, 1.82) is 0 Å². The molecule has 0 amide bonds. The first-order valence-corrected chi connectivity index (χ1v) is 10.1. The molecule has 5 rings (SSSR count). The Bertz CT molecular complexity index is 1390. The van der Waals surface area contributed by atoms with Crippen LogP contribution in [0.5, 0.6) is 5.75 Å². The number of hydrogen-bond donors (Lipinski definition) is 3. The van der Waals surface area contributed by atoms with Gasteiger partial charge in [-0.05, 0) is 64.0 Å². The lowest BCUT2D eigenvalue weighted by atomic mass is 9.79. The minimum atomic E-state index is -1.76. The predicted molar refractivity (Wildman–Crippen MR) is 128 cm³/mol. The molecule has 0 aliphatic rings. The second kappa shape index (κ2) is 7.80. The lowest BCUT2D eigenvalue weighted by Crippen LogP contribution is -2.30. The Morgan fingerprint density at radius 2 is 1.19 bits per heavy atom. The average Bonchev–Trinajstić information content (AvgIpc) is 2.80. The zero-order valence-electron chi connectivity index (χ0n) is 16.7. The lowest BCUT2D eigenvalue weighted by molar-refractivity contribution is 0.419. The van der Waals surface area contributed by atoms with Crippen LogP contribution in [0.1, 0.15) is 0 Å². The molecule has 0 saturated heterocycles. The van der Waals surface area contributed by atoms with E-state index < -0.39 is 7.12 Å². The molecule has 0 aliphatic heterocycles. The maximum atomic E-state index is 10.0. The highest BCUT2D eigenvalue weighted by molar-refractivity contribution is 6.59. The number of para-hydroxylation sites is 1. The quantitative estimate of drug-likeness (QED) is 0.296. The van der Waals surface area contributed by atoms with Gasteiger partial charge in [-0.15, -0.1) is 0 Å². The zero-order valence-corrected chi connectivity index (χ0v) is 16.7. The third-order valence-electron chi connectivity index (χ3n) is 5.55. The first-order valence-electron chi connectivity index (χ1n) is 10.1. The van der Waals surface area contributed by atoms with E-state index >= 15 is 0 Å². The third-order valence-corrected chi connectivity index (χ3v) is 5.55. The Kier molecular flexibility index (Phi) is 4.83. The van der Waals surface area contributed by atoms with E-state index in [0.29, 0.717) is 5.69 Å². The Morgan fingerprint density at radius 1 is 0.548 bits per heavy atom. The molecular formula is C26H20BNO3. The summed E-state index contributed by atoms with van der Waals surface area (Å²) >= 11 is 0. The van der Waals surface area contributed by atoms with Crippen molar-refractivity contribution in [2.45, 2.75) is 0 Å². The number of phenolic OH excluding ortho intramolecular Hbond substituents is 1. The Balaban J connectivity index is 1.71. The number of aromatic hydroxyl groups is 1. The van der Waals surface area contributed by atoms with Crippen molar-refractivity contribution in [3.8, 4) is 5.75 Å². The molecule has 0 atom stereocenters. The fourth-order valence-corrected chi connectivity index (χ4v) is 4.05. The summed E-state index contributed by atoms with van der Waals surface area (Å²) in [6.07, 6.45) is 0. The van der Waals surface area contributed by atoms with E-state index in [1.54, 1.807) is 12.1 Å². The first-order chi connectivity index (χ1) is 15.1. The number of benzene rings is 5. The van der Waals surface area contributed by atoms with Gasteiger partial charge >= 0.3 is 7.12 Å². The summed E-state index contributed by atoms with van der Waals surface area (Å²) in [5.41, 5.74) is 2.63. The van der Waals surface area contributed by atoms with Crippen LogP contribution < -0.4 is 10.4 Å². The Hall–Kier alpha value is -3.80. The average molecular weight is 405 g/mol. The minimum absolute atomic E-state index is 0.0604. The van der Waals surface area contributed by atoms with Crippen LogP contribution in [0.25, 0.3) is 21.5 Å². The van der Waals surface area contributed by atoms with E-state index in [9.17, 15) is 15.2 Å². The number of rotatable bonds is 4. The molecule has 0 heterocycles. The van der Waals surface area contributed by atoms with E-state index in [2.05, 4.69) is 42.5 Å². The standard InChI is InChI=1S/C26H20BNO3/c29-26-15-13-22(17-25(26)27(30)31)28(20-7-2-1-3-8-20)21-12-14-24-19(16-21)11-10-18-6-4-5-9-23(18)24/h1-17,29-31H. The Morgan fingerprint density at radius 3 is 2.00 bits per heavy atom. The van der Waals surface area contributed by atoms with Crippen molar-refractivity contribution >= 4 is 51.2 Å². The molecule has 0 aromatic heterocycles. The first kappa shape index (κ1) is 19.2. The lowest BCUT2D eigenvalue weighted by Gasteiger charge is -2.26. The number of phenols is 1. The minimum Gasteiger partial charge on any atom is -0.508 e. The molecule has 0 fully saturated rings. The van der Waals surface area contributed by atoms with Crippen LogP contribution in [0.4, 0.5) is 17.1 Å². The summed E-state index contributed by atoms with van der Waals surface area (Å²) in [5, 5.41) is 34.1. The SMILES string of the molecule is OB(O)c1cc(N(c2ccccc2)c2ccc3c(ccc4ccccc43)c2)ccc1O. The van der Waals surface area contributed by atoms with Crippen LogP contribution in [0.15, 0.2) is 103 Å². The number of nitrogens with zero attached hydrogens (tertiary/aromatic N) is 1. The fourth-order valence-electron chi connectivity index (χ4n) is 4.05. The van der Waals surface area contributed by atoms with E-state index in [-0.39, 0.29) is 11.2 Å². The van der Waals surface area contributed by atoms with Gasteiger partial charge in [-0.1, -0.05) is 60.7 Å². The molecule has 0 radical (unpaired) electrons. The molecule has 4 nitrogen and oxygen atoms in total. The van der Waals surface area contributed by atoms with Crippen molar-refractivity contribution in [1.82, 2.24) is 0 Å². The van der Waals surface area contributed by atoms with Crippen LogP contribution in [0.2, 0.25) is 0 Å². The molecule has 0 spiro atoms. The predicted octanol–water partition coefficient (Wildman–Crippen LogP) is 4.85. The number of anilines is 3. The number of hydrogen-bond acceptors (Lipinski definition) is 4. The molecule has 3 N–H and O–H groups in total. The largest absolute Gasteiger partial charge is 0.508 e. The summed E-state index contributed by atoms with van der Waals surface area (Å²) in [5.74, 6) is -0.156. The van der Waals surface area contributed by atoms with Gasteiger partial charge in [0.2, 0.25) is 0 Å². The van der Waals surface area contributed by atoms with Crippen LogP contribution in [-0.2, 0) is 0 Å². The van der Waals surface area contributed by atoms with E-state index in [1.807, 2.05) is 47.4 Å². The van der Waals surface area contributed by atoms with Gasteiger partial charge in [-0.2, -0.15) is 0 Å². The molecule has 0 unspecified atom stereocenters. The summed E-state index contributed by atoms with van der Waals surface area (Å²) < 4.78 is 0. The summed E-state index contributed by atoms with van der Waals surface area (Å²) in [6, 6.07) is 33.5. The maximum absolute atomic E-state index is 10.0. The van der Waals surface area contributed by atoms with Gasteiger partial charge in [0.15, 0.2) is 0 Å². The van der Waals surface area contributed by atoms with E-state index in [0.717, 1.165) is 16.8 Å². The molecule has 0 saturated carbocycles. The summed E-state index contributed by atoms with van der Waals surface area (Å²) in [7, 11) is -1.76. The highest BCUT2D eigenvalue weighted by Gasteiger charge is 2.20. The molecule has 0 bridgehead atoms. The molecule has 5 heteroatoms. The molecule has 0 aliphatic carbocycles. The maximum Gasteiger partial charge on any atom is 0.492 e. The van der Waals surface area contributed by atoms with Crippen LogP contribution >= 0.6 is 0 Å². The normalized spacial score (nSPS) is 11.0. The van der Waals surface area contributed by atoms with Crippen LogP contribution in [0, 0.1) is 0 Å². The fraction of sp³-hybridized carbons (Fsp3) is 0. The topological polar surface area (TPSA) is 63.9 Å². The number of fused-ring (bicyclic) bond motifs is 3. The van der Waals surface area contributed by atoms with Gasteiger partial charge in [0.25, 0.3) is 0 Å². The third kappa shape index (κ3) is 3.50. The molecule has 31 heavy (non-hydrogen) atoms. The van der Waals surface area contributed by atoms with Gasteiger partial charge in [0, 0.05) is 22.5 Å². The molecule has 150 valence electrons. The van der Waals surface area contributed by atoms with E-state index in [1.165, 1.54) is 22.2 Å². The monoisotopic (exact) mass is 405 g/mol. The highest BCUT2D eigenvalue weighted by Crippen LogP contribution is 2.37. The van der Waals surface area contributed by atoms with Crippen molar-refractivity contribution in [2.24, 2.45) is 0 Å². The van der Waals surface area contributed by atoms with Gasteiger partial charge in [-0.25, -0.2) is 0 Å². The van der Waals surface area contributed by atoms with Gasteiger partial charge in [0.1, 0.15) is 5.75 Å². The van der Waals surface area contributed by atoms with Gasteiger partial charge in [-0.3, -0.25) is 0 Å². The zero-order chi connectivity index (χ0) is 21.4.